The topological polar surface area (TPSA) is 108 Å². The van der Waals surface area contributed by atoms with E-state index in [1.165, 1.54) is 12.1 Å². The number of halogens is 1. The third kappa shape index (κ3) is 4.40. The molecule has 150 valence electrons. The molecule has 1 heterocycles. The quantitative estimate of drug-likeness (QED) is 0.571. The third-order valence-electron chi connectivity index (χ3n) is 4.49. The molecule has 2 aromatic rings. The van der Waals surface area contributed by atoms with Gasteiger partial charge in [0.2, 0.25) is 5.91 Å². The summed E-state index contributed by atoms with van der Waals surface area (Å²) >= 11 is 6.10. The van der Waals surface area contributed by atoms with Crippen molar-refractivity contribution in [3.05, 3.63) is 46.5 Å². The average molecular weight is 424 g/mol. The number of aliphatic hydroxyl groups is 1. The van der Waals surface area contributed by atoms with E-state index in [2.05, 4.69) is 15.4 Å². The number of aliphatic hydroxyl groups excluding tert-OH is 1. The molecule has 1 aliphatic heterocycles. The Morgan fingerprint density at radius 1 is 1.25 bits per heavy atom. The Bertz CT molecular complexity index is 1020. The smallest absolute Gasteiger partial charge is 0.264 e. The summed E-state index contributed by atoms with van der Waals surface area (Å²) in [7, 11) is -3.98. The molecule has 0 spiro atoms. The van der Waals surface area contributed by atoms with E-state index in [0.717, 1.165) is 11.1 Å². The number of rotatable bonds is 6. The van der Waals surface area contributed by atoms with Crippen molar-refractivity contribution < 1.29 is 18.3 Å². The lowest BCUT2D eigenvalue weighted by atomic mass is 10.0. The zero-order chi connectivity index (χ0) is 20.5. The first-order chi connectivity index (χ1) is 13.2. The van der Waals surface area contributed by atoms with Crippen LogP contribution >= 0.6 is 11.6 Å². The lowest BCUT2D eigenvalue weighted by Crippen LogP contribution is -2.25. The average Bonchev–Trinajstić information content (AvgIpc) is 2.64. The first kappa shape index (κ1) is 20.4. The number of carbonyl (C=O) groups excluding carboxylic acids is 1. The van der Waals surface area contributed by atoms with E-state index in [4.69, 9.17) is 11.6 Å². The summed E-state index contributed by atoms with van der Waals surface area (Å²) in [6.45, 7) is 3.41. The van der Waals surface area contributed by atoms with Crippen molar-refractivity contribution in [3.8, 4) is 0 Å². The van der Waals surface area contributed by atoms with Gasteiger partial charge in [-0.25, -0.2) is 8.42 Å². The molecule has 0 saturated carbocycles. The summed E-state index contributed by atoms with van der Waals surface area (Å²) in [5.41, 5.74) is 2.84. The highest BCUT2D eigenvalue weighted by atomic mass is 35.5. The molecule has 1 atom stereocenters. The number of anilines is 3. The standard InChI is InChI=1S/C19H22ClN3O4S/c1-11-3-5-14(8-15(11)20)23-28(26,27)18-9-16-13(4-6-19(25)22-16)7-17(18)21-12(2)10-24/h3,5,7-9,12,21,23-24H,4,6,10H2,1-2H3,(H,22,25)/t12-/m0/s1. The van der Waals surface area contributed by atoms with Crippen molar-refractivity contribution >= 4 is 44.6 Å². The second kappa shape index (κ2) is 7.98. The molecule has 1 aliphatic rings. The van der Waals surface area contributed by atoms with Crippen LogP contribution in [0, 0.1) is 6.92 Å². The number of sulfonamides is 1. The van der Waals surface area contributed by atoms with E-state index in [0.29, 0.717) is 34.9 Å². The molecular weight excluding hydrogens is 402 g/mol. The first-order valence-electron chi connectivity index (χ1n) is 8.83. The van der Waals surface area contributed by atoms with Gasteiger partial charge in [0.05, 0.1) is 18.0 Å². The largest absolute Gasteiger partial charge is 0.394 e. The van der Waals surface area contributed by atoms with Crippen LogP contribution in [0.4, 0.5) is 17.1 Å². The Morgan fingerprint density at radius 2 is 2.00 bits per heavy atom. The van der Waals surface area contributed by atoms with Gasteiger partial charge in [-0.2, -0.15) is 0 Å². The number of carbonyl (C=O) groups is 1. The number of amides is 1. The van der Waals surface area contributed by atoms with E-state index >= 15 is 0 Å². The maximum atomic E-state index is 13.1. The Kier molecular flexibility index (Phi) is 5.83. The molecule has 0 radical (unpaired) electrons. The summed E-state index contributed by atoms with van der Waals surface area (Å²) < 4.78 is 28.7. The predicted octanol–water partition coefficient (Wildman–Crippen LogP) is 3.13. The minimum Gasteiger partial charge on any atom is -0.394 e. The van der Waals surface area contributed by atoms with Crippen LogP contribution in [0.2, 0.25) is 5.02 Å². The number of fused-ring (bicyclic) bond motifs is 1. The van der Waals surface area contributed by atoms with Crippen molar-refractivity contribution in [3.63, 3.8) is 0 Å². The van der Waals surface area contributed by atoms with Crippen LogP contribution in [-0.4, -0.2) is 32.1 Å². The van der Waals surface area contributed by atoms with Crippen molar-refractivity contribution in [1.29, 1.82) is 0 Å². The Hall–Kier alpha value is -2.29. The minimum atomic E-state index is -3.98. The van der Waals surface area contributed by atoms with Crippen LogP contribution in [0.3, 0.4) is 0 Å². The highest BCUT2D eigenvalue weighted by molar-refractivity contribution is 7.92. The van der Waals surface area contributed by atoms with Crippen LogP contribution < -0.4 is 15.4 Å². The van der Waals surface area contributed by atoms with Crippen molar-refractivity contribution in [1.82, 2.24) is 0 Å². The zero-order valence-electron chi connectivity index (χ0n) is 15.5. The molecule has 1 amide bonds. The normalized spacial score (nSPS) is 14.8. The van der Waals surface area contributed by atoms with Crippen LogP contribution in [0.15, 0.2) is 35.2 Å². The van der Waals surface area contributed by atoms with Gasteiger partial charge in [0, 0.05) is 23.2 Å². The fourth-order valence-corrected chi connectivity index (χ4v) is 4.33. The summed E-state index contributed by atoms with van der Waals surface area (Å²) in [6, 6.07) is 7.69. The lowest BCUT2D eigenvalue weighted by molar-refractivity contribution is -0.116. The molecule has 0 fully saturated rings. The van der Waals surface area contributed by atoms with Crippen molar-refractivity contribution in [2.24, 2.45) is 0 Å². The molecule has 0 aromatic heterocycles. The predicted molar refractivity (Wildman–Crippen MR) is 111 cm³/mol. The first-order valence-corrected chi connectivity index (χ1v) is 10.7. The zero-order valence-corrected chi connectivity index (χ0v) is 17.1. The molecule has 0 bridgehead atoms. The van der Waals surface area contributed by atoms with Crippen LogP contribution in [-0.2, 0) is 21.2 Å². The monoisotopic (exact) mass is 423 g/mol. The summed E-state index contributed by atoms with van der Waals surface area (Å²) in [5.74, 6) is -0.154. The van der Waals surface area contributed by atoms with E-state index in [1.807, 2.05) is 6.92 Å². The highest BCUT2D eigenvalue weighted by Crippen LogP contribution is 2.34. The molecule has 28 heavy (non-hydrogen) atoms. The number of nitrogens with one attached hydrogen (secondary N) is 3. The molecule has 7 nitrogen and oxygen atoms in total. The second-order valence-corrected chi connectivity index (χ2v) is 8.91. The van der Waals surface area contributed by atoms with Gasteiger partial charge >= 0.3 is 0 Å². The summed E-state index contributed by atoms with van der Waals surface area (Å²) in [4.78, 5) is 11.7. The molecular formula is C19H22ClN3O4S. The molecule has 4 N–H and O–H groups in total. The number of hydrogen-bond acceptors (Lipinski definition) is 5. The minimum absolute atomic E-state index is 0.0227. The van der Waals surface area contributed by atoms with Gasteiger partial charge in [0.1, 0.15) is 4.90 Å². The molecule has 3 rings (SSSR count). The van der Waals surface area contributed by atoms with Gasteiger partial charge in [-0.05, 0) is 55.7 Å². The molecule has 0 unspecified atom stereocenters. The van der Waals surface area contributed by atoms with Gasteiger partial charge in [0.25, 0.3) is 10.0 Å². The molecule has 0 saturated heterocycles. The van der Waals surface area contributed by atoms with Gasteiger partial charge in [-0.1, -0.05) is 17.7 Å². The second-order valence-electron chi connectivity index (χ2n) is 6.85. The van der Waals surface area contributed by atoms with E-state index in [9.17, 15) is 18.3 Å². The van der Waals surface area contributed by atoms with Gasteiger partial charge in [-0.15, -0.1) is 0 Å². The molecule has 0 aliphatic carbocycles. The van der Waals surface area contributed by atoms with Gasteiger partial charge < -0.3 is 15.7 Å². The van der Waals surface area contributed by atoms with Gasteiger partial charge in [-0.3, -0.25) is 9.52 Å². The maximum absolute atomic E-state index is 13.1. The van der Waals surface area contributed by atoms with E-state index in [-0.39, 0.29) is 23.5 Å². The van der Waals surface area contributed by atoms with Crippen molar-refractivity contribution in [2.75, 3.05) is 22.0 Å². The van der Waals surface area contributed by atoms with E-state index in [1.54, 1.807) is 25.1 Å². The molecule has 9 heteroatoms. The van der Waals surface area contributed by atoms with Crippen molar-refractivity contribution in [2.45, 2.75) is 37.6 Å². The van der Waals surface area contributed by atoms with Crippen LogP contribution in [0.5, 0.6) is 0 Å². The fraction of sp³-hybridized carbons (Fsp3) is 0.316. The number of hydrogen-bond donors (Lipinski definition) is 4. The highest BCUT2D eigenvalue weighted by Gasteiger charge is 2.25. The summed E-state index contributed by atoms with van der Waals surface area (Å²) in [5, 5.41) is 15.5. The van der Waals surface area contributed by atoms with Gasteiger partial charge in [0.15, 0.2) is 0 Å². The Morgan fingerprint density at radius 3 is 2.68 bits per heavy atom. The Balaban J connectivity index is 2.04. The maximum Gasteiger partial charge on any atom is 0.264 e. The lowest BCUT2D eigenvalue weighted by Gasteiger charge is -2.23. The molecule has 2 aromatic carbocycles. The SMILES string of the molecule is Cc1ccc(NS(=O)(=O)c2cc3c(cc2N[C@@H](C)CO)CCC(=O)N3)cc1Cl. The fourth-order valence-electron chi connectivity index (χ4n) is 2.92. The number of aryl methyl sites for hydroxylation is 2. The Labute approximate surface area is 169 Å². The van der Waals surface area contributed by atoms with Crippen LogP contribution in [0.25, 0.3) is 0 Å². The van der Waals surface area contributed by atoms with E-state index < -0.39 is 10.0 Å². The van der Waals surface area contributed by atoms with Crippen LogP contribution in [0.1, 0.15) is 24.5 Å². The number of benzene rings is 2. The summed E-state index contributed by atoms with van der Waals surface area (Å²) in [6.07, 6.45) is 0.860. The third-order valence-corrected chi connectivity index (χ3v) is 6.32.